The zero-order valence-electron chi connectivity index (χ0n) is 22.1. The Kier molecular flexibility index (Phi) is 6.44. The molecule has 3 heterocycles. The number of nitrogens with zero attached hydrogens (tertiary/aromatic N) is 3. The van der Waals surface area contributed by atoms with Crippen molar-refractivity contribution in [1.82, 2.24) is 24.0 Å². The summed E-state index contributed by atoms with van der Waals surface area (Å²) in [5, 5.41) is 0.549. The maximum absolute atomic E-state index is 12.9. The number of rotatable bonds is 5. The van der Waals surface area contributed by atoms with Crippen LogP contribution < -0.4 is 33.2 Å². The summed E-state index contributed by atoms with van der Waals surface area (Å²) in [6.45, 7) is 2.48. The molecule has 0 unspecified atom stereocenters. The number of hydrogen-bond donors (Lipinski definition) is 2. The zero-order chi connectivity index (χ0) is 25.9. The molecule has 2 aromatic heterocycles. The van der Waals surface area contributed by atoms with Crippen LogP contribution >= 0.6 is 11.6 Å². The summed E-state index contributed by atoms with van der Waals surface area (Å²) >= 11 is 6.11. The second-order valence-electron chi connectivity index (χ2n) is 11.0. The molecule has 1 saturated heterocycles. The number of halogens is 1. The predicted molar refractivity (Wildman–Crippen MR) is 167 cm³/mol. The van der Waals surface area contributed by atoms with E-state index >= 15 is 0 Å². The molecule has 36 heavy (non-hydrogen) atoms. The number of benzene rings is 2. The average Bonchev–Trinajstić information content (AvgIpc) is 3.35. The molecule has 0 atom stereocenters. The first kappa shape index (κ1) is 25.3. The van der Waals surface area contributed by atoms with E-state index in [0.29, 0.717) is 11.6 Å². The summed E-state index contributed by atoms with van der Waals surface area (Å²) in [5.41, 5.74) is 8.42. The quantitative estimate of drug-likeness (QED) is 0.270. The van der Waals surface area contributed by atoms with Gasteiger partial charge in [0.1, 0.15) is 47.1 Å². The highest BCUT2D eigenvalue weighted by Crippen LogP contribution is 2.29. The Bertz CT molecular complexity index is 1600. The highest BCUT2D eigenvalue weighted by molar-refractivity contribution is 6.66. The van der Waals surface area contributed by atoms with E-state index in [1.807, 2.05) is 27.3 Å². The number of nitrogens with one attached hydrogen (secondary N) is 2. The molecule has 0 radical (unpaired) electrons. The molecule has 5 rings (SSSR count). The fourth-order valence-electron chi connectivity index (χ4n) is 6.01. The van der Waals surface area contributed by atoms with Crippen LogP contribution in [0, 0.1) is 0 Å². The standard InChI is InChI=1S/C22H30B6ClN5O2/c23-14-15(24)17(26)19-18(16(14)25)31-20(35)33(19)8-5-22(27,28)32-6-3-11(4-7-32)34-13-2-1-10(29)9-12(13)30-21(34)36/h1-2,9,11H,3-8,23-28H2,(H,30,36)(H,31,35). The van der Waals surface area contributed by atoms with E-state index in [9.17, 15) is 9.59 Å². The maximum atomic E-state index is 12.9. The Labute approximate surface area is 220 Å². The van der Waals surface area contributed by atoms with Gasteiger partial charge in [-0.1, -0.05) is 33.5 Å². The first-order chi connectivity index (χ1) is 17.0. The lowest BCUT2D eigenvalue weighted by Crippen LogP contribution is -2.54. The van der Waals surface area contributed by atoms with E-state index < -0.39 is 0 Å². The summed E-state index contributed by atoms with van der Waals surface area (Å²) < 4.78 is 3.83. The third-order valence-electron chi connectivity index (χ3n) is 8.71. The van der Waals surface area contributed by atoms with Crippen LogP contribution in [0.15, 0.2) is 27.8 Å². The van der Waals surface area contributed by atoms with Crippen molar-refractivity contribution in [2.75, 3.05) is 13.1 Å². The Hall–Kier alpha value is -2.38. The molecule has 7 nitrogen and oxygen atoms in total. The van der Waals surface area contributed by atoms with Crippen LogP contribution in [-0.4, -0.2) is 89.5 Å². The van der Waals surface area contributed by atoms with Crippen LogP contribution in [0.2, 0.25) is 5.02 Å². The van der Waals surface area contributed by atoms with Crippen molar-refractivity contribution in [3.63, 3.8) is 0 Å². The van der Waals surface area contributed by atoms with Crippen LogP contribution in [-0.2, 0) is 6.54 Å². The van der Waals surface area contributed by atoms with Crippen LogP contribution in [0.3, 0.4) is 0 Å². The minimum Gasteiger partial charge on any atom is -0.313 e. The lowest BCUT2D eigenvalue weighted by Gasteiger charge is -2.44. The van der Waals surface area contributed by atoms with Gasteiger partial charge in [-0.15, -0.1) is 0 Å². The molecule has 14 heteroatoms. The van der Waals surface area contributed by atoms with E-state index in [2.05, 4.69) is 61.9 Å². The van der Waals surface area contributed by atoms with Gasteiger partial charge >= 0.3 is 11.4 Å². The normalized spacial score (nSPS) is 15.8. The van der Waals surface area contributed by atoms with E-state index in [-0.39, 0.29) is 22.8 Å². The Morgan fingerprint density at radius 3 is 2.31 bits per heavy atom. The number of hydrogen-bond acceptors (Lipinski definition) is 3. The molecule has 2 aromatic carbocycles. The van der Waals surface area contributed by atoms with Crippen molar-refractivity contribution in [2.24, 2.45) is 0 Å². The summed E-state index contributed by atoms with van der Waals surface area (Å²) in [6.07, 6.45) is 2.67. The number of aromatic amines is 2. The molecule has 180 valence electrons. The monoisotopic (exact) mass is 497 g/mol. The summed E-state index contributed by atoms with van der Waals surface area (Å²) in [7, 11) is 13.0. The molecule has 4 aromatic rings. The summed E-state index contributed by atoms with van der Waals surface area (Å²) in [6, 6.07) is 5.74. The van der Waals surface area contributed by atoms with E-state index in [1.165, 1.54) is 16.4 Å². The summed E-state index contributed by atoms with van der Waals surface area (Å²) in [4.78, 5) is 34.2. The molecule has 0 amide bonds. The highest BCUT2D eigenvalue weighted by atomic mass is 35.5. The van der Waals surface area contributed by atoms with Crippen molar-refractivity contribution in [3.8, 4) is 0 Å². The van der Waals surface area contributed by atoms with Crippen molar-refractivity contribution in [1.29, 1.82) is 0 Å². The van der Waals surface area contributed by atoms with Gasteiger partial charge in [-0.3, -0.25) is 9.13 Å². The van der Waals surface area contributed by atoms with E-state index in [4.69, 9.17) is 11.6 Å². The summed E-state index contributed by atoms with van der Waals surface area (Å²) in [5.74, 6) is 0. The van der Waals surface area contributed by atoms with Gasteiger partial charge in [0.05, 0.1) is 22.1 Å². The molecule has 1 aliphatic rings. The van der Waals surface area contributed by atoms with Crippen LogP contribution in [0.5, 0.6) is 0 Å². The third-order valence-corrected chi connectivity index (χ3v) is 8.95. The highest BCUT2D eigenvalue weighted by Gasteiger charge is 2.32. The number of piperidine rings is 1. The van der Waals surface area contributed by atoms with E-state index in [1.54, 1.807) is 0 Å². The predicted octanol–water partition coefficient (Wildman–Crippen LogP) is -5.69. The van der Waals surface area contributed by atoms with Crippen molar-refractivity contribution in [3.05, 3.63) is 44.2 Å². The number of likely N-dealkylation sites (tertiary alicyclic amines) is 1. The lowest BCUT2D eigenvalue weighted by atomic mass is 9.58. The largest absolute Gasteiger partial charge is 0.326 e. The van der Waals surface area contributed by atoms with Gasteiger partial charge in [0.15, 0.2) is 0 Å². The molecule has 1 aliphatic heterocycles. The number of aromatic nitrogens is 4. The Morgan fingerprint density at radius 1 is 0.944 bits per heavy atom. The third kappa shape index (κ3) is 4.14. The van der Waals surface area contributed by atoms with Gasteiger partial charge in [0, 0.05) is 17.6 Å². The van der Waals surface area contributed by atoms with Gasteiger partial charge < -0.3 is 14.9 Å². The SMILES string of the molecule is Bc1c(B)c(B)c2c([nH]c(=O)n2CCC(B)(B)N2CCC(n3c(=O)[nH]c4cc(Cl)ccc43)CC2)c1B. The zero-order valence-corrected chi connectivity index (χ0v) is 22.8. The molecule has 0 saturated carbocycles. The fraction of sp³-hybridized carbons (Fsp3) is 0.364. The molecule has 0 spiro atoms. The number of fused-ring (bicyclic) bond motifs is 2. The molecule has 0 aliphatic carbocycles. The molecule has 2 N–H and O–H groups in total. The van der Waals surface area contributed by atoms with Crippen LogP contribution in [0.1, 0.15) is 25.3 Å². The first-order valence-electron chi connectivity index (χ1n) is 12.8. The van der Waals surface area contributed by atoms with Gasteiger partial charge in [-0.25, -0.2) is 9.59 Å². The Balaban J connectivity index is 1.32. The topological polar surface area (TPSA) is 78.8 Å². The van der Waals surface area contributed by atoms with Gasteiger partial charge in [-0.05, 0) is 55.9 Å². The van der Waals surface area contributed by atoms with Crippen LogP contribution in [0.25, 0.3) is 22.1 Å². The second-order valence-corrected chi connectivity index (χ2v) is 11.5. The van der Waals surface area contributed by atoms with Gasteiger partial charge in [-0.2, -0.15) is 0 Å². The van der Waals surface area contributed by atoms with E-state index in [0.717, 1.165) is 59.9 Å². The second kappa shape index (κ2) is 9.18. The molecule has 0 bridgehead atoms. The molecule has 1 fully saturated rings. The number of H-pyrrole nitrogens is 2. The lowest BCUT2D eigenvalue weighted by molar-refractivity contribution is 0.143. The van der Waals surface area contributed by atoms with Gasteiger partial charge in [0.25, 0.3) is 0 Å². The number of aryl methyl sites for hydroxylation is 1. The van der Waals surface area contributed by atoms with Crippen molar-refractivity contribution >= 4 is 103 Å². The molecular weight excluding hydrogens is 467 g/mol. The van der Waals surface area contributed by atoms with Crippen molar-refractivity contribution in [2.45, 2.75) is 37.2 Å². The maximum Gasteiger partial charge on any atom is 0.326 e. The Morgan fingerprint density at radius 2 is 1.61 bits per heavy atom. The first-order valence-corrected chi connectivity index (χ1v) is 13.2. The minimum atomic E-state index is -0.0740. The number of imidazole rings is 2. The fourth-order valence-corrected chi connectivity index (χ4v) is 6.18. The minimum absolute atomic E-state index is 0.0328. The van der Waals surface area contributed by atoms with Crippen LogP contribution in [0.4, 0.5) is 0 Å². The van der Waals surface area contributed by atoms with Crippen molar-refractivity contribution < 1.29 is 0 Å². The smallest absolute Gasteiger partial charge is 0.313 e. The van der Waals surface area contributed by atoms with Gasteiger partial charge in [0.2, 0.25) is 0 Å². The average molecular weight is 497 g/mol. The molecular formula is C22H30B6ClN5O2.